The first-order chi connectivity index (χ1) is 32.2. The van der Waals surface area contributed by atoms with Crippen molar-refractivity contribution in [1.82, 2.24) is 15.2 Å². The number of hydrogen-bond donors (Lipinski definition) is 0. The standard InChI is InChI=1S/C60H78N3O3P/c1-49(2)61(58(7,46-55-34-22-13-23-35-55)43-40-52-28-16-10-17-29-52)64-67(65-62(50(3)4)59(8,47-56-36-24-14-25-37-56)44-41-53-30-18-11-19-31-53)66-63(51(5)6)60(9,48-57-38-26-15-27-39-57)45-42-54-32-20-12-21-33-54/h10-39,49-51H,40-48H2,1-9H3. The van der Waals surface area contributed by atoms with Gasteiger partial charge in [0.1, 0.15) is 0 Å². The fraction of sp³-hybridized carbons (Fsp3) is 0.400. The van der Waals surface area contributed by atoms with Crippen molar-refractivity contribution >= 4 is 8.60 Å². The average Bonchev–Trinajstić information content (AvgIpc) is 3.33. The summed E-state index contributed by atoms with van der Waals surface area (Å²) in [5.74, 6) is 0. The highest BCUT2D eigenvalue weighted by molar-refractivity contribution is 7.41. The van der Waals surface area contributed by atoms with E-state index in [0.717, 1.165) is 57.8 Å². The quantitative estimate of drug-likeness (QED) is 0.0379. The first-order valence-electron chi connectivity index (χ1n) is 24.7. The molecule has 0 aliphatic heterocycles. The van der Waals surface area contributed by atoms with Crippen LogP contribution in [0.3, 0.4) is 0 Å². The van der Waals surface area contributed by atoms with Gasteiger partial charge >= 0.3 is 8.60 Å². The van der Waals surface area contributed by atoms with Crippen molar-refractivity contribution in [3.8, 4) is 0 Å². The lowest BCUT2D eigenvalue weighted by Gasteiger charge is -2.49. The largest absolute Gasteiger partial charge is 0.387 e. The molecular formula is C60H78N3O3P. The van der Waals surface area contributed by atoms with Crippen LogP contribution in [0.25, 0.3) is 0 Å². The maximum Gasteiger partial charge on any atom is 0.387 e. The average molecular weight is 920 g/mol. The molecule has 0 saturated heterocycles. The molecule has 3 atom stereocenters. The van der Waals surface area contributed by atoms with Crippen molar-refractivity contribution < 1.29 is 13.9 Å². The molecule has 6 aromatic rings. The lowest BCUT2D eigenvalue weighted by atomic mass is 9.85. The van der Waals surface area contributed by atoms with E-state index >= 15 is 0 Å². The zero-order chi connectivity index (χ0) is 47.7. The van der Waals surface area contributed by atoms with Crippen LogP contribution in [0, 0.1) is 0 Å². The van der Waals surface area contributed by atoms with Gasteiger partial charge in [-0.2, -0.15) is 15.2 Å². The first kappa shape index (κ1) is 51.9. The van der Waals surface area contributed by atoms with Crippen LogP contribution in [0.2, 0.25) is 0 Å². The fourth-order valence-electron chi connectivity index (χ4n) is 9.82. The van der Waals surface area contributed by atoms with E-state index in [4.69, 9.17) is 13.9 Å². The monoisotopic (exact) mass is 920 g/mol. The van der Waals surface area contributed by atoms with E-state index < -0.39 is 25.2 Å². The van der Waals surface area contributed by atoms with E-state index in [0.29, 0.717) is 0 Å². The molecule has 356 valence electrons. The van der Waals surface area contributed by atoms with Crippen molar-refractivity contribution in [2.24, 2.45) is 0 Å². The molecule has 6 aromatic carbocycles. The summed E-state index contributed by atoms with van der Waals surface area (Å²) in [6.07, 6.45) is 7.64. The van der Waals surface area contributed by atoms with E-state index in [1.807, 2.05) is 0 Å². The van der Waals surface area contributed by atoms with Crippen molar-refractivity contribution in [2.75, 3.05) is 0 Å². The lowest BCUT2D eigenvalue weighted by Crippen LogP contribution is -2.55. The van der Waals surface area contributed by atoms with E-state index in [1.165, 1.54) is 33.4 Å². The summed E-state index contributed by atoms with van der Waals surface area (Å²) in [6.45, 7) is 20.5. The summed E-state index contributed by atoms with van der Waals surface area (Å²) >= 11 is 0. The molecule has 0 amide bonds. The molecule has 0 radical (unpaired) electrons. The second-order valence-corrected chi connectivity index (χ2v) is 21.1. The number of hydrogen-bond acceptors (Lipinski definition) is 6. The third-order valence-electron chi connectivity index (χ3n) is 13.1. The predicted molar refractivity (Wildman–Crippen MR) is 281 cm³/mol. The number of rotatable bonds is 27. The van der Waals surface area contributed by atoms with Crippen LogP contribution in [0.1, 0.15) is 115 Å². The molecule has 0 aliphatic rings. The van der Waals surface area contributed by atoms with Gasteiger partial charge in [0.25, 0.3) is 0 Å². The Hall–Kier alpha value is -4.49. The maximum absolute atomic E-state index is 7.59. The predicted octanol–water partition coefficient (Wildman–Crippen LogP) is 15.0. The van der Waals surface area contributed by atoms with Gasteiger partial charge in [0.15, 0.2) is 0 Å². The van der Waals surface area contributed by atoms with Crippen molar-refractivity contribution in [3.63, 3.8) is 0 Å². The summed E-state index contributed by atoms with van der Waals surface area (Å²) in [7, 11) is -2.11. The van der Waals surface area contributed by atoms with Crippen LogP contribution in [0.15, 0.2) is 182 Å². The van der Waals surface area contributed by atoms with Gasteiger partial charge in [0.2, 0.25) is 0 Å². The molecule has 7 heteroatoms. The van der Waals surface area contributed by atoms with Gasteiger partial charge in [-0.3, -0.25) is 0 Å². The SMILES string of the molecule is CC(C)N(OP(ON(C(C)C)C(C)(CCc1ccccc1)Cc1ccccc1)ON(C(C)C)C(C)(CCc1ccccc1)Cc1ccccc1)C(C)(CCc1ccccc1)Cc1ccccc1. The zero-order valence-electron chi connectivity index (χ0n) is 41.9. The third-order valence-corrected chi connectivity index (χ3v) is 14.1. The molecule has 67 heavy (non-hydrogen) atoms. The van der Waals surface area contributed by atoms with Crippen molar-refractivity contribution in [3.05, 3.63) is 215 Å². The third kappa shape index (κ3) is 15.5. The van der Waals surface area contributed by atoms with Gasteiger partial charge in [-0.15, -0.1) is 0 Å². The molecule has 0 spiro atoms. The minimum Gasteiger partial charge on any atom is -0.218 e. The molecule has 0 bridgehead atoms. The molecule has 0 heterocycles. The lowest BCUT2D eigenvalue weighted by molar-refractivity contribution is -0.251. The van der Waals surface area contributed by atoms with Crippen LogP contribution in [-0.2, 0) is 52.4 Å². The van der Waals surface area contributed by atoms with Crippen molar-refractivity contribution in [2.45, 2.75) is 155 Å². The molecule has 0 saturated carbocycles. The Kier molecular flexibility index (Phi) is 19.5. The minimum absolute atomic E-state index is 0.00995. The second kappa shape index (κ2) is 25.2. The molecule has 3 unspecified atom stereocenters. The van der Waals surface area contributed by atoms with E-state index in [2.05, 4.69) is 259 Å². The Labute approximate surface area is 406 Å². The normalized spacial score (nSPS) is 15.3. The molecule has 0 aromatic heterocycles. The zero-order valence-corrected chi connectivity index (χ0v) is 42.8. The number of benzene rings is 6. The van der Waals surface area contributed by atoms with Gasteiger partial charge in [0.05, 0.1) is 0 Å². The maximum atomic E-state index is 7.59. The van der Waals surface area contributed by atoms with Gasteiger partial charge in [-0.05, 0) is 153 Å². The molecule has 0 N–H and O–H groups in total. The van der Waals surface area contributed by atoms with E-state index in [-0.39, 0.29) is 18.1 Å². The molecule has 6 rings (SSSR count). The van der Waals surface area contributed by atoms with E-state index in [9.17, 15) is 0 Å². The number of hydroxylamine groups is 6. The summed E-state index contributed by atoms with van der Waals surface area (Å²) in [5.41, 5.74) is 6.39. The first-order valence-corrected chi connectivity index (χ1v) is 25.8. The van der Waals surface area contributed by atoms with Gasteiger partial charge in [-0.1, -0.05) is 182 Å². The van der Waals surface area contributed by atoms with Gasteiger partial charge in [0, 0.05) is 34.7 Å². The van der Waals surface area contributed by atoms with Crippen LogP contribution in [0.5, 0.6) is 0 Å². The highest BCUT2D eigenvalue weighted by atomic mass is 31.2. The van der Waals surface area contributed by atoms with Gasteiger partial charge in [-0.25, -0.2) is 13.9 Å². The minimum atomic E-state index is -2.11. The van der Waals surface area contributed by atoms with Gasteiger partial charge < -0.3 is 0 Å². The molecule has 0 fully saturated rings. The Morgan fingerprint density at radius 2 is 0.522 bits per heavy atom. The smallest absolute Gasteiger partial charge is 0.218 e. The highest BCUT2D eigenvalue weighted by Crippen LogP contribution is 2.51. The van der Waals surface area contributed by atoms with Crippen LogP contribution in [0.4, 0.5) is 0 Å². The molecule has 6 nitrogen and oxygen atoms in total. The topological polar surface area (TPSA) is 37.4 Å². The summed E-state index contributed by atoms with van der Waals surface area (Å²) in [5, 5.41) is 6.67. The Morgan fingerprint density at radius 3 is 0.716 bits per heavy atom. The second-order valence-electron chi connectivity index (χ2n) is 20.2. The van der Waals surface area contributed by atoms with Crippen LogP contribution in [-0.4, -0.2) is 49.9 Å². The van der Waals surface area contributed by atoms with Crippen molar-refractivity contribution in [1.29, 1.82) is 0 Å². The summed E-state index contributed by atoms with van der Waals surface area (Å²) < 4.78 is 22.8. The molecular weight excluding hydrogens is 842 g/mol. The Balaban J connectivity index is 1.45. The van der Waals surface area contributed by atoms with E-state index in [1.54, 1.807) is 0 Å². The summed E-state index contributed by atoms with van der Waals surface area (Å²) in [4.78, 5) is 0. The van der Waals surface area contributed by atoms with Crippen LogP contribution >= 0.6 is 8.60 Å². The fourth-order valence-corrected chi connectivity index (χ4v) is 11.5. The summed E-state index contributed by atoms with van der Waals surface area (Å²) in [6, 6.07) is 65.0. The Morgan fingerprint density at radius 1 is 0.328 bits per heavy atom. The number of nitrogens with zero attached hydrogens (tertiary/aromatic N) is 3. The molecule has 0 aliphatic carbocycles. The Bertz CT molecular complexity index is 2010. The highest BCUT2D eigenvalue weighted by Gasteiger charge is 2.45. The number of aryl methyl sites for hydroxylation is 3. The van der Waals surface area contributed by atoms with Crippen LogP contribution < -0.4 is 0 Å².